The number of carbonyl (C=O) groups excluding carboxylic acids is 1. The Morgan fingerprint density at radius 2 is 2.07 bits per heavy atom. The molecule has 8 heteroatoms. The topological polar surface area (TPSA) is 78.9 Å². The molecule has 1 heterocycles. The normalized spacial score (nSPS) is 14.8. The molecule has 29 heavy (non-hydrogen) atoms. The molecule has 0 spiro atoms. The number of aromatic nitrogens is 1. The molecule has 2 rings (SSSR count). The third-order valence-corrected chi connectivity index (χ3v) is 5.01. The van der Waals surface area contributed by atoms with Crippen molar-refractivity contribution in [3.05, 3.63) is 30.1 Å². The lowest BCUT2D eigenvalue weighted by Crippen LogP contribution is -2.44. The first kappa shape index (κ1) is 25.6. The minimum absolute atomic E-state index is 0. The van der Waals surface area contributed by atoms with E-state index in [-0.39, 0.29) is 36.4 Å². The van der Waals surface area contributed by atoms with Gasteiger partial charge in [-0.25, -0.2) is 0 Å². The van der Waals surface area contributed by atoms with E-state index in [1.807, 2.05) is 25.2 Å². The number of amides is 1. The number of nitrogens with one attached hydrogen (secondary N) is 2. The zero-order chi connectivity index (χ0) is 20.0. The fraction of sp³-hybridized carbons (Fsp3) is 0.667. The number of pyridine rings is 1. The molecule has 1 aliphatic carbocycles. The summed E-state index contributed by atoms with van der Waals surface area (Å²) in [5.41, 5.74) is 0.989. The molecular formula is C21H36IN5O2. The first-order chi connectivity index (χ1) is 13.7. The van der Waals surface area contributed by atoms with E-state index in [4.69, 9.17) is 4.74 Å². The highest BCUT2D eigenvalue weighted by molar-refractivity contribution is 14.0. The zero-order valence-electron chi connectivity index (χ0n) is 17.7. The van der Waals surface area contributed by atoms with Crippen molar-refractivity contribution in [1.82, 2.24) is 20.5 Å². The van der Waals surface area contributed by atoms with Crippen LogP contribution in [0, 0.1) is 0 Å². The van der Waals surface area contributed by atoms with Crippen molar-refractivity contribution in [1.29, 1.82) is 0 Å². The molecule has 164 valence electrons. The van der Waals surface area contributed by atoms with E-state index >= 15 is 0 Å². The Kier molecular flexibility index (Phi) is 13.6. The maximum atomic E-state index is 12.3. The van der Waals surface area contributed by atoms with Gasteiger partial charge in [0, 0.05) is 52.1 Å². The molecule has 0 atom stereocenters. The van der Waals surface area contributed by atoms with E-state index in [1.165, 1.54) is 32.1 Å². The van der Waals surface area contributed by atoms with Crippen LogP contribution >= 0.6 is 24.0 Å². The van der Waals surface area contributed by atoms with Crippen LogP contribution in [0.5, 0.6) is 0 Å². The third kappa shape index (κ3) is 10.8. The summed E-state index contributed by atoms with van der Waals surface area (Å²) in [6.07, 6.45) is 10.2. The van der Waals surface area contributed by atoms with Crippen molar-refractivity contribution in [3.8, 4) is 0 Å². The zero-order valence-corrected chi connectivity index (χ0v) is 20.1. The van der Waals surface area contributed by atoms with Crippen LogP contribution in [-0.2, 0) is 16.0 Å². The first-order valence-corrected chi connectivity index (χ1v) is 10.4. The van der Waals surface area contributed by atoms with Crippen molar-refractivity contribution < 1.29 is 9.53 Å². The van der Waals surface area contributed by atoms with Gasteiger partial charge in [0.15, 0.2) is 5.96 Å². The summed E-state index contributed by atoms with van der Waals surface area (Å²) in [6, 6.07) is 5.82. The van der Waals surface area contributed by atoms with Crippen molar-refractivity contribution >= 4 is 35.8 Å². The standard InChI is InChI=1S/C21H35N5O2.HI/c1-22-21(24-14-8-16-28-19-10-4-3-5-11-19)25-17-20(27)26(2)15-12-18-9-6-7-13-23-18;/h6-7,9,13,19H,3-5,8,10-12,14-17H2,1-2H3,(H2,22,24,25);1H. The number of nitrogens with zero attached hydrogens (tertiary/aromatic N) is 3. The molecule has 1 aromatic rings. The Labute approximate surface area is 192 Å². The van der Waals surface area contributed by atoms with Crippen LogP contribution < -0.4 is 10.6 Å². The molecule has 0 bridgehead atoms. The first-order valence-electron chi connectivity index (χ1n) is 10.4. The fourth-order valence-electron chi connectivity index (χ4n) is 3.23. The summed E-state index contributed by atoms with van der Waals surface area (Å²) in [5, 5.41) is 6.32. The van der Waals surface area contributed by atoms with E-state index in [2.05, 4.69) is 20.6 Å². The van der Waals surface area contributed by atoms with Crippen molar-refractivity contribution in [3.63, 3.8) is 0 Å². The number of rotatable bonds is 10. The molecule has 0 aliphatic heterocycles. The van der Waals surface area contributed by atoms with E-state index in [0.29, 0.717) is 18.6 Å². The van der Waals surface area contributed by atoms with Crippen LogP contribution in [0.25, 0.3) is 0 Å². The van der Waals surface area contributed by atoms with E-state index in [0.717, 1.165) is 31.7 Å². The van der Waals surface area contributed by atoms with E-state index in [1.54, 1.807) is 18.1 Å². The van der Waals surface area contributed by atoms with Crippen LogP contribution in [0.3, 0.4) is 0 Å². The monoisotopic (exact) mass is 517 g/mol. The Morgan fingerprint density at radius 3 is 2.76 bits per heavy atom. The van der Waals surface area contributed by atoms with Gasteiger partial charge in [0.05, 0.1) is 12.6 Å². The lowest BCUT2D eigenvalue weighted by molar-refractivity contribution is -0.128. The van der Waals surface area contributed by atoms with Crippen LogP contribution in [0.15, 0.2) is 29.4 Å². The molecule has 1 aliphatic rings. The lowest BCUT2D eigenvalue weighted by Gasteiger charge is -2.22. The summed E-state index contributed by atoms with van der Waals surface area (Å²) in [4.78, 5) is 22.4. The minimum atomic E-state index is 0. The van der Waals surface area contributed by atoms with Gasteiger partial charge in [-0.2, -0.15) is 0 Å². The van der Waals surface area contributed by atoms with Gasteiger partial charge in [-0.3, -0.25) is 14.8 Å². The second kappa shape index (κ2) is 15.4. The SMILES string of the molecule is CN=C(NCCCOC1CCCCC1)NCC(=O)N(C)CCc1ccccn1.I. The van der Waals surface area contributed by atoms with Crippen LogP contribution in [0.4, 0.5) is 0 Å². The highest BCUT2D eigenvalue weighted by Gasteiger charge is 2.13. The highest BCUT2D eigenvalue weighted by atomic mass is 127. The van der Waals surface area contributed by atoms with Gasteiger partial charge in [0.1, 0.15) is 0 Å². The Balaban J connectivity index is 0.00000420. The molecule has 0 aromatic carbocycles. The van der Waals surface area contributed by atoms with E-state index < -0.39 is 0 Å². The average molecular weight is 517 g/mol. The molecule has 0 saturated heterocycles. The molecule has 2 N–H and O–H groups in total. The van der Waals surface area contributed by atoms with Gasteiger partial charge in [-0.1, -0.05) is 25.3 Å². The highest BCUT2D eigenvalue weighted by Crippen LogP contribution is 2.20. The Bertz CT molecular complexity index is 594. The minimum Gasteiger partial charge on any atom is -0.378 e. The maximum absolute atomic E-state index is 12.3. The molecule has 7 nitrogen and oxygen atoms in total. The largest absolute Gasteiger partial charge is 0.378 e. The number of guanidine groups is 1. The fourth-order valence-corrected chi connectivity index (χ4v) is 3.23. The van der Waals surface area contributed by atoms with Gasteiger partial charge in [-0.05, 0) is 31.4 Å². The molecule has 0 unspecified atom stereocenters. The van der Waals surface area contributed by atoms with Crippen LogP contribution in [-0.4, -0.2) is 68.2 Å². The Morgan fingerprint density at radius 1 is 1.28 bits per heavy atom. The number of likely N-dealkylation sites (N-methyl/N-ethyl adjacent to an activating group) is 1. The molecule has 1 amide bonds. The van der Waals surface area contributed by atoms with Gasteiger partial charge in [0.25, 0.3) is 0 Å². The van der Waals surface area contributed by atoms with Gasteiger partial charge in [0.2, 0.25) is 5.91 Å². The molecule has 0 radical (unpaired) electrons. The molecular weight excluding hydrogens is 481 g/mol. The summed E-state index contributed by atoms with van der Waals surface area (Å²) < 4.78 is 5.93. The quantitative estimate of drug-likeness (QED) is 0.216. The lowest BCUT2D eigenvalue weighted by atomic mass is 9.98. The number of hydrogen-bond donors (Lipinski definition) is 2. The van der Waals surface area contributed by atoms with Crippen molar-refractivity contribution in [2.24, 2.45) is 4.99 Å². The second-order valence-corrected chi connectivity index (χ2v) is 7.22. The smallest absolute Gasteiger partial charge is 0.241 e. The summed E-state index contributed by atoms with van der Waals surface area (Å²) >= 11 is 0. The Hall–Kier alpha value is -1.42. The summed E-state index contributed by atoms with van der Waals surface area (Å²) in [7, 11) is 3.52. The number of carbonyl (C=O) groups is 1. The molecule has 1 aromatic heterocycles. The maximum Gasteiger partial charge on any atom is 0.241 e. The van der Waals surface area contributed by atoms with Crippen molar-refractivity contribution in [2.45, 2.75) is 51.0 Å². The summed E-state index contributed by atoms with van der Waals surface area (Å²) in [6.45, 7) is 2.40. The predicted molar refractivity (Wildman–Crippen MR) is 128 cm³/mol. The second-order valence-electron chi connectivity index (χ2n) is 7.22. The number of ether oxygens (including phenoxy) is 1. The van der Waals surface area contributed by atoms with Crippen LogP contribution in [0.1, 0.15) is 44.2 Å². The van der Waals surface area contributed by atoms with E-state index in [9.17, 15) is 4.79 Å². The molecule has 1 saturated carbocycles. The van der Waals surface area contributed by atoms with Gasteiger partial charge in [-0.15, -0.1) is 24.0 Å². The third-order valence-electron chi connectivity index (χ3n) is 5.01. The van der Waals surface area contributed by atoms with Crippen LogP contribution in [0.2, 0.25) is 0 Å². The predicted octanol–water partition coefficient (Wildman–Crippen LogP) is 2.60. The number of aliphatic imine (C=N–C) groups is 1. The summed E-state index contributed by atoms with van der Waals surface area (Å²) in [5.74, 6) is 0.670. The molecule has 1 fully saturated rings. The number of hydrogen-bond acceptors (Lipinski definition) is 4. The van der Waals surface area contributed by atoms with Crippen molar-refractivity contribution in [2.75, 3.05) is 40.3 Å². The average Bonchev–Trinajstić information content (AvgIpc) is 2.75. The van der Waals surface area contributed by atoms with Gasteiger partial charge >= 0.3 is 0 Å². The number of halogens is 1. The van der Waals surface area contributed by atoms with Gasteiger partial charge < -0.3 is 20.3 Å².